The number of esters is 1. The molecule has 4 aliphatic rings. The van der Waals surface area contributed by atoms with E-state index in [9.17, 15) is 9.59 Å². The highest BCUT2D eigenvalue weighted by Crippen LogP contribution is 2.78. The van der Waals surface area contributed by atoms with Gasteiger partial charge in [-0.3, -0.25) is 9.59 Å². The summed E-state index contributed by atoms with van der Waals surface area (Å²) in [5.74, 6) is 0.680. The maximum absolute atomic E-state index is 11.7. The molecule has 4 heteroatoms. The highest BCUT2D eigenvalue weighted by Gasteiger charge is 2.76. The summed E-state index contributed by atoms with van der Waals surface area (Å²) in [4.78, 5) is 22.3. The minimum Gasteiger partial charge on any atom is -0.481 e. The summed E-state index contributed by atoms with van der Waals surface area (Å²) >= 11 is 0. The molecule has 0 radical (unpaired) electrons. The van der Waals surface area contributed by atoms with E-state index in [4.69, 9.17) is 9.84 Å². The SMILES string of the molecule is O=C(O)CC(=O)OC12CC3CC4CC(C1)C2(C4)C3. The van der Waals surface area contributed by atoms with Gasteiger partial charge in [0.1, 0.15) is 12.0 Å². The van der Waals surface area contributed by atoms with Crippen LogP contribution in [0.2, 0.25) is 0 Å². The largest absolute Gasteiger partial charge is 0.481 e. The number of hydrogen-bond acceptors (Lipinski definition) is 3. The van der Waals surface area contributed by atoms with Crippen LogP contribution in [0, 0.1) is 23.2 Å². The van der Waals surface area contributed by atoms with Crippen LogP contribution in [0.4, 0.5) is 0 Å². The van der Waals surface area contributed by atoms with E-state index in [0.717, 1.165) is 24.7 Å². The van der Waals surface area contributed by atoms with E-state index >= 15 is 0 Å². The molecule has 98 valence electrons. The Labute approximate surface area is 106 Å². The van der Waals surface area contributed by atoms with Crippen LogP contribution in [0.3, 0.4) is 0 Å². The molecule has 1 spiro atoms. The number of rotatable bonds is 3. The molecule has 4 rings (SSSR count). The first-order valence-corrected chi connectivity index (χ1v) is 6.97. The van der Waals surface area contributed by atoms with Crippen LogP contribution >= 0.6 is 0 Å². The molecular weight excluding hydrogens is 232 g/mol. The van der Waals surface area contributed by atoms with E-state index in [1.807, 2.05) is 0 Å². The first-order valence-electron chi connectivity index (χ1n) is 6.97. The lowest BCUT2D eigenvalue weighted by Gasteiger charge is -2.57. The lowest BCUT2D eigenvalue weighted by molar-refractivity contribution is -0.215. The molecule has 0 heterocycles. The molecule has 3 bridgehead atoms. The second-order valence-corrected chi connectivity index (χ2v) is 6.91. The molecule has 4 aliphatic carbocycles. The molecule has 5 atom stereocenters. The summed E-state index contributed by atoms with van der Waals surface area (Å²) in [6.07, 6.45) is 6.54. The fourth-order valence-electron chi connectivity index (χ4n) is 5.86. The standard InChI is InChI=1S/C14H18O4/c15-11(16)3-12(17)18-14-6-9-1-8-2-10(7-14)13(14,4-8)5-9/h8-10H,1-7H2,(H,15,16). The Morgan fingerprint density at radius 2 is 1.89 bits per heavy atom. The van der Waals surface area contributed by atoms with Crippen LogP contribution in [0.15, 0.2) is 0 Å². The number of aliphatic carboxylic acids is 1. The van der Waals surface area contributed by atoms with Gasteiger partial charge in [-0.05, 0) is 56.3 Å². The third-order valence-corrected chi connectivity index (χ3v) is 6.08. The topological polar surface area (TPSA) is 63.6 Å². The van der Waals surface area contributed by atoms with Gasteiger partial charge in [0.2, 0.25) is 0 Å². The van der Waals surface area contributed by atoms with Gasteiger partial charge in [0.25, 0.3) is 0 Å². The monoisotopic (exact) mass is 250 g/mol. The van der Waals surface area contributed by atoms with Crippen molar-refractivity contribution in [1.29, 1.82) is 0 Å². The minimum absolute atomic E-state index is 0.245. The van der Waals surface area contributed by atoms with Crippen molar-refractivity contribution in [3.63, 3.8) is 0 Å². The summed E-state index contributed by atoms with van der Waals surface area (Å²) in [6, 6.07) is 0. The van der Waals surface area contributed by atoms with Crippen LogP contribution in [-0.4, -0.2) is 22.6 Å². The Balaban J connectivity index is 1.58. The maximum Gasteiger partial charge on any atom is 0.317 e. The van der Waals surface area contributed by atoms with Crippen LogP contribution in [0.1, 0.15) is 44.9 Å². The molecule has 0 aromatic rings. The Morgan fingerprint density at radius 3 is 2.67 bits per heavy atom. The predicted octanol–water partition coefficient (Wildman–Crippen LogP) is 1.97. The minimum atomic E-state index is -1.09. The highest BCUT2D eigenvalue weighted by molar-refractivity contribution is 5.90. The summed E-state index contributed by atoms with van der Waals surface area (Å²) in [5.41, 5.74) is -0.0329. The zero-order valence-corrected chi connectivity index (χ0v) is 10.4. The molecule has 4 fully saturated rings. The van der Waals surface area contributed by atoms with Gasteiger partial charge in [0, 0.05) is 5.41 Å². The molecule has 0 aromatic heterocycles. The van der Waals surface area contributed by atoms with Gasteiger partial charge in [0.15, 0.2) is 0 Å². The number of carbonyl (C=O) groups excluding carboxylic acids is 1. The van der Waals surface area contributed by atoms with Gasteiger partial charge in [-0.2, -0.15) is 0 Å². The summed E-state index contributed by atoms with van der Waals surface area (Å²) in [7, 11) is 0. The fraction of sp³-hybridized carbons (Fsp3) is 0.857. The van der Waals surface area contributed by atoms with Crippen molar-refractivity contribution in [1.82, 2.24) is 0 Å². The van der Waals surface area contributed by atoms with Crippen molar-refractivity contribution in [2.45, 2.75) is 50.5 Å². The Hall–Kier alpha value is -1.06. The van der Waals surface area contributed by atoms with Crippen molar-refractivity contribution >= 4 is 11.9 Å². The number of carbonyl (C=O) groups is 2. The van der Waals surface area contributed by atoms with E-state index < -0.39 is 18.4 Å². The Bertz CT molecular complexity index is 439. The van der Waals surface area contributed by atoms with Crippen LogP contribution in [0.25, 0.3) is 0 Å². The molecular formula is C14H18O4. The number of hydrogen-bond donors (Lipinski definition) is 1. The summed E-state index contributed by atoms with van der Waals surface area (Å²) in [6.45, 7) is 0. The van der Waals surface area contributed by atoms with Crippen LogP contribution in [-0.2, 0) is 14.3 Å². The molecule has 4 nitrogen and oxygen atoms in total. The van der Waals surface area contributed by atoms with Crippen LogP contribution in [0.5, 0.6) is 0 Å². The Morgan fingerprint density at radius 1 is 1.11 bits per heavy atom. The number of fused-ring (bicyclic) bond motifs is 2. The average molecular weight is 250 g/mol. The molecule has 0 amide bonds. The van der Waals surface area contributed by atoms with E-state index in [-0.39, 0.29) is 11.0 Å². The second kappa shape index (κ2) is 3.09. The zero-order valence-electron chi connectivity index (χ0n) is 10.4. The van der Waals surface area contributed by atoms with Crippen molar-refractivity contribution in [2.24, 2.45) is 23.2 Å². The molecule has 0 saturated heterocycles. The van der Waals surface area contributed by atoms with Crippen molar-refractivity contribution in [3.8, 4) is 0 Å². The van der Waals surface area contributed by atoms with Crippen molar-refractivity contribution in [3.05, 3.63) is 0 Å². The van der Waals surface area contributed by atoms with Gasteiger partial charge >= 0.3 is 11.9 Å². The van der Waals surface area contributed by atoms with E-state index in [1.54, 1.807) is 0 Å². The normalized spacial score (nSPS) is 50.8. The maximum atomic E-state index is 11.7. The second-order valence-electron chi connectivity index (χ2n) is 6.91. The quantitative estimate of drug-likeness (QED) is 0.614. The predicted molar refractivity (Wildman–Crippen MR) is 61.7 cm³/mol. The average Bonchev–Trinajstić information content (AvgIpc) is 2.54. The molecule has 0 aliphatic heterocycles. The van der Waals surface area contributed by atoms with E-state index in [1.165, 1.54) is 25.7 Å². The van der Waals surface area contributed by atoms with Crippen molar-refractivity contribution in [2.75, 3.05) is 0 Å². The molecule has 5 unspecified atom stereocenters. The number of ether oxygens (including phenoxy) is 1. The van der Waals surface area contributed by atoms with E-state index in [2.05, 4.69) is 0 Å². The third kappa shape index (κ3) is 1.12. The summed E-state index contributed by atoms with van der Waals surface area (Å²) in [5, 5.41) is 8.67. The smallest absolute Gasteiger partial charge is 0.317 e. The number of carboxylic acid groups (broad SMARTS) is 1. The fourth-order valence-corrected chi connectivity index (χ4v) is 5.86. The number of carboxylic acids is 1. The molecule has 4 saturated carbocycles. The Kier molecular flexibility index (Phi) is 1.86. The lowest BCUT2D eigenvalue weighted by atomic mass is 9.52. The zero-order chi connectivity index (χ0) is 12.5. The summed E-state index contributed by atoms with van der Waals surface area (Å²) < 4.78 is 5.69. The van der Waals surface area contributed by atoms with Gasteiger partial charge in [-0.1, -0.05) is 0 Å². The van der Waals surface area contributed by atoms with Crippen molar-refractivity contribution < 1.29 is 19.4 Å². The van der Waals surface area contributed by atoms with Gasteiger partial charge < -0.3 is 9.84 Å². The lowest BCUT2D eigenvalue weighted by Crippen LogP contribution is -2.60. The first-order chi connectivity index (χ1) is 8.53. The van der Waals surface area contributed by atoms with Crippen LogP contribution < -0.4 is 0 Å². The molecule has 0 aromatic carbocycles. The third-order valence-electron chi connectivity index (χ3n) is 6.08. The van der Waals surface area contributed by atoms with Gasteiger partial charge in [-0.15, -0.1) is 0 Å². The van der Waals surface area contributed by atoms with E-state index in [0.29, 0.717) is 5.92 Å². The molecule has 18 heavy (non-hydrogen) atoms. The highest BCUT2D eigenvalue weighted by atomic mass is 16.6. The van der Waals surface area contributed by atoms with Gasteiger partial charge in [-0.25, -0.2) is 0 Å². The van der Waals surface area contributed by atoms with Gasteiger partial charge in [0.05, 0.1) is 0 Å². The molecule has 1 N–H and O–H groups in total. The first kappa shape index (κ1) is 10.8.